The van der Waals surface area contributed by atoms with Gasteiger partial charge in [-0.2, -0.15) is 0 Å². The monoisotopic (exact) mass is 280 g/mol. The van der Waals surface area contributed by atoms with Crippen LogP contribution in [0.5, 0.6) is 0 Å². The third-order valence-corrected chi connectivity index (χ3v) is 2.43. The smallest absolute Gasteiger partial charge is 0.320 e. The summed E-state index contributed by atoms with van der Waals surface area (Å²) in [5, 5.41) is 0. The fourth-order valence-corrected chi connectivity index (χ4v) is 1.67. The van der Waals surface area contributed by atoms with E-state index in [1.54, 1.807) is 24.9 Å². The second-order valence-electron chi connectivity index (χ2n) is 4.08. The van der Waals surface area contributed by atoms with Gasteiger partial charge in [-0.3, -0.25) is 19.5 Å². The van der Waals surface area contributed by atoms with Crippen LogP contribution in [0.1, 0.15) is 19.5 Å². The van der Waals surface area contributed by atoms with Crippen LogP contribution in [0.3, 0.4) is 0 Å². The Morgan fingerprint density at radius 1 is 1.10 bits per heavy atom. The topological polar surface area (TPSA) is 68.7 Å². The van der Waals surface area contributed by atoms with Gasteiger partial charge in [0, 0.05) is 12.7 Å². The number of pyridine rings is 1. The zero-order chi connectivity index (χ0) is 14.8. The fourth-order valence-electron chi connectivity index (χ4n) is 1.67. The van der Waals surface area contributed by atoms with Gasteiger partial charge in [0.05, 0.1) is 32.0 Å². The largest absolute Gasteiger partial charge is 0.465 e. The van der Waals surface area contributed by atoms with E-state index in [1.165, 1.54) is 0 Å². The average Bonchev–Trinajstić information content (AvgIpc) is 2.40. The average molecular weight is 280 g/mol. The van der Waals surface area contributed by atoms with E-state index in [0.29, 0.717) is 19.8 Å². The summed E-state index contributed by atoms with van der Waals surface area (Å²) < 4.78 is 9.80. The lowest BCUT2D eigenvalue weighted by Gasteiger charge is -2.19. The van der Waals surface area contributed by atoms with E-state index < -0.39 is 0 Å². The van der Waals surface area contributed by atoms with E-state index in [4.69, 9.17) is 9.47 Å². The molecule has 20 heavy (non-hydrogen) atoms. The van der Waals surface area contributed by atoms with Crippen LogP contribution in [0.2, 0.25) is 0 Å². The van der Waals surface area contributed by atoms with Crippen molar-refractivity contribution in [2.45, 2.75) is 20.4 Å². The lowest BCUT2D eigenvalue weighted by molar-refractivity contribution is -0.148. The van der Waals surface area contributed by atoms with Crippen LogP contribution in [-0.4, -0.2) is 48.1 Å². The van der Waals surface area contributed by atoms with Gasteiger partial charge >= 0.3 is 11.9 Å². The first-order valence-electron chi connectivity index (χ1n) is 6.59. The number of rotatable bonds is 8. The number of nitrogens with zero attached hydrogens (tertiary/aromatic N) is 2. The molecule has 0 fully saturated rings. The number of hydrogen-bond acceptors (Lipinski definition) is 6. The summed E-state index contributed by atoms with van der Waals surface area (Å²) in [6.07, 6.45) is 1.67. The molecule has 0 aliphatic carbocycles. The molecule has 0 saturated carbocycles. The van der Waals surface area contributed by atoms with Crippen molar-refractivity contribution >= 4 is 11.9 Å². The second-order valence-corrected chi connectivity index (χ2v) is 4.08. The molecule has 0 N–H and O–H groups in total. The van der Waals surface area contributed by atoms with Crippen LogP contribution in [-0.2, 0) is 25.6 Å². The van der Waals surface area contributed by atoms with Gasteiger partial charge in [0.25, 0.3) is 0 Å². The van der Waals surface area contributed by atoms with Gasteiger partial charge in [0.2, 0.25) is 0 Å². The van der Waals surface area contributed by atoms with Gasteiger partial charge in [0.15, 0.2) is 0 Å². The molecule has 0 aliphatic heterocycles. The Balaban J connectivity index is 2.63. The van der Waals surface area contributed by atoms with Crippen LogP contribution in [0.15, 0.2) is 24.4 Å². The molecule has 0 saturated heterocycles. The maximum absolute atomic E-state index is 11.5. The number of ether oxygens (including phenoxy) is 2. The molecule has 0 spiro atoms. The van der Waals surface area contributed by atoms with Crippen molar-refractivity contribution in [2.24, 2.45) is 0 Å². The minimum absolute atomic E-state index is 0.0310. The van der Waals surface area contributed by atoms with Gasteiger partial charge in [-0.15, -0.1) is 0 Å². The van der Waals surface area contributed by atoms with Gasteiger partial charge in [0.1, 0.15) is 0 Å². The van der Waals surface area contributed by atoms with Crippen molar-refractivity contribution < 1.29 is 19.1 Å². The Kier molecular flexibility index (Phi) is 7.27. The molecule has 1 aromatic heterocycles. The fraction of sp³-hybridized carbons (Fsp3) is 0.500. The van der Waals surface area contributed by atoms with Gasteiger partial charge in [-0.05, 0) is 26.0 Å². The van der Waals surface area contributed by atoms with Gasteiger partial charge in [-0.25, -0.2) is 0 Å². The lowest BCUT2D eigenvalue weighted by Crippen LogP contribution is -2.36. The standard InChI is InChI=1S/C14H20N2O4/c1-3-19-13(17)10-16(11-14(18)20-4-2)9-12-7-5-6-8-15-12/h5-8H,3-4,9-11H2,1-2H3. The number of carbonyl (C=O) groups is 2. The number of esters is 2. The van der Waals surface area contributed by atoms with E-state index in [-0.39, 0.29) is 25.0 Å². The zero-order valence-corrected chi connectivity index (χ0v) is 11.9. The molecule has 6 nitrogen and oxygen atoms in total. The first-order chi connectivity index (χ1) is 9.65. The summed E-state index contributed by atoms with van der Waals surface area (Å²) in [6.45, 7) is 4.56. The molecule has 1 aromatic rings. The highest BCUT2D eigenvalue weighted by atomic mass is 16.5. The Labute approximate surface area is 118 Å². The van der Waals surface area contributed by atoms with Crippen molar-refractivity contribution in [1.82, 2.24) is 9.88 Å². The predicted molar refractivity (Wildman–Crippen MR) is 72.8 cm³/mol. The molecule has 110 valence electrons. The molecule has 1 heterocycles. The van der Waals surface area contributed by atoms with E-state index >= 15 is 0 Å². The highest BCUT2D eigenvalue weighted by Gasteiger charge is 2.16. The Hall–Kier alpha value is -1.95. The maximum Gasteiger partial charge on any atom is 0.320 e. The highest BCUT2D eigenvalue weighted by molar-refractivity contribution is 5.75. The van der Waals surface area contributed by atoms with Crippen LogP contribution < -0.4 is 0 Å². The van der Waals surface area contributed by atoms with Crippen molar-refractivity contribution in [3.63, 3.8) is 0 Å². The molecular formula is C14H20N2O4. The molecule has 0 atom stereocenters. The SMILES string of the molecule is CCOC(=O)CN(CC(=O)OCC)Cc1ccccn1. The lowest BCUT2D eigenvalue weighted by atomic mass is 10.3. The third kappa shape index (κ3) is 6.29. The van der Waals surface area contributed by atoms with Crippen molar-refractivity contribution in [3.05, 3.63) is 30.1 Å². The number of carbonyl (C=O) groups excluding carboxylic acids is 2. The van der Waals surface area contributed by atoms with Crippen LogP contribution in [0.25, 0.3) is 0 Å². The minimum Gasteiger partial charge on any atom is -0.465 e. The van der Waals surface area contributed by atoms with Crippen LogP contribution in [0.4, 0.5) is 0 Å². The molecule has 0 aromatic carbocycles. The summed E-state index contributed by atoms with van der Waals surface area (Å²) in [5.41, 5.74) is 0.779. The van der Waals surface area contributed by atoms with E-state index in [2.05, 4.69) is 4.98 Å². The molecular weight excluding hydrogens is 260 g/mol. The molecule has 0 unspecified atom stereocenters. The summed E-state index contributed by atoms with van der Waals surface area (Å²) in [7, 11) is 0. The van der Waals surface area contributed by atoms with Gasteiger partial charge in [-0.1, -0.05) is 6.07 Å². The summed E-state index contributed by atoms with van der Waals surface area (Å²) in [5.74, 6) is -0.736. The normalized spacial score (nSPS) is 10.3. The maximum atomic E-state index is 11.5. The zero-order valence-electron chi connectivity index (χ0n) is 11.9. The Bertz CT molecular complexity index is 402. The van der Waals surface area contributed by atoms with Crippen molar-refractivity contribution in [1.29, 1.82) is 0 Å². The van der Waals surface area contributed by atoms with Crippen LogP contribution >= 0.6 is 0 Å². The van der Waals surface area contributed by atoms with Crippen molar-refractivity contribution in [3.8, 4) is 0 Å². The first kappa shape index (κ1) is 16.1. The van der Waals surface area contributed by atoms with E-state index in [9.17, 15) is 9.59 Å². The first-order valence-corrected chi connectivity index (χ1v) is 6.59. The molecule has 0 radical (unpaired) electrons. The Morgan fingerprint density at radius 2 is 1.70 bits per heavy atom. The molecule has 1 rings (SSSR count). The predicted octanol–water partition coefficient (Wildman–Crippen LogP) is 1.01. The van der Waals surface area contributed by atoms with E-state index in [0.717, 1.165) is 5.69 Å². The highest BCUT2D eigenvalue weighted by Crippen LogP contribution is 2.02. The number of hydrogen-bond donors (Lipinski definition) is 0. The summed E-state index contributed by atoms with van der Waals surface area (Å²) >= 11 is 0. The molecule has 6 heteroatoms. The molecule has 0 amide bonds. The van der Waals surface area contributed by atoms with Crippen molar-refractivity contribution in [2.75, 3.05) is 26.3 Å². The number of aromatic nitrogens is 1. The van der Waals surface area contributed by atoms with Gasteiger partial charge < -0.3 is 9.47 Å². The third-order valence-electron chi connectivity index (χ3n) is 2.43. The van der Waals surface area contributed by atoms with Crippen LogP contribution in [0, 0.1) is 0 Å². The Morgan fingerprint density at radius 3 is 2.15 bits per heavy atom. The minimum atomic E-state index is -0.368. The molecule has 0 bridgehead atoms. The summed E-state index contributed by atoms with van der Waals surface area (Å²) in [4.78, 5) is 28.9. The summed E-state index contributed by atoms with van der Waals surface area (Å²) in [6, 6.07) is 5.50. The van der Waals surface area contributed by atoms with E-state index in [1.807, 2.05) is 18.2 Å². The molecule has 0 aliphatic rings. The quantitative estimate of drug-likeness (QED) is 0.662. The second kappa shape index (κ2) is 9.03.